The van der Waals surface area contributed by atoms with Crippen molar-refractivity contribution in [2.75, 3.05) is 17.1 Å². The van der Waals surface area contributed by atoms with Gasteiger partial charge < -0.3 is 15.4 Å². The Morgan fingerprint density at radius 1 is 1.12 bits per heavy atom. The van der Waals surface area contributed by atoms with Gasteiger partial charge in [-0.2, -0.15) is 13.2 Å². The number of hydrogen-bond donors (Lipinski definition) is 3. The summed E-state index contributed by atoms with van der Waals surface area (Å²) in [5.41, 5.74) is -0.854. The summed E-state index contributed by atoms with van der Waals surface area (Å²) in [6.45, 7) is 0. The van der Waals surface area contributed by atoms with Gasteiger partial charge in [-0.15, -0.1) is 0 Å². The molecule has 1 saturated heterocycles. The summed E-state index contributed by atoms with van der Waals surface area (Å²) in [4.78, 5) is 12.3. The molecule has 1 aliphatic carbocycles. The maximum atomic E-state index is 12.9. The van der Waals surface area contributed by atoms with E-state index >= 15 is 0 Å². The summed E-state index contributed by atoms with van der Waals surface area (Å²) in [5, 5.41) is 6.06. The Morgan fingerprint density at radius 3 is 2.53 bits per heavy atom. The number of rotatable bonds is 6. The van der Waals surface area contributed by atoms with E-state index < -0.39 is 21.8 Å². The van der Waals surface area contributed by atoms with E-state index in [-0.39, 0.29) is 28.3 Å². The van der Waals surface area contributed by atoms with Gasteiger partial charge in [0.2, 0.25) is 5.91 Å². The minimum Gasteiger partial charge on any atom is -0.495 e. The van der Waals surface area contributed by atoms with Gasteiger partial charge in [0.25, 0.3) is 10.0 Å². The molecule has 32 heavy (non-hydrogen) atoms. The second-order valence-electron chi connectivity index (χ2n) is 7.95. The molecule has 1 saturated carbocycles. The molecule has 2 aliphatic rings. The molecule has 2 aromatic carbocycles. The van der Waals surface area contributed by atoms with Gasteiger partial charge in [-0.05, 0) is 55.5 Å². The number of hydrogen-bond acceptors (Lipinski definition) is 5. The van der Waals surface area contributed by atoms with E-state index in [1.165, 1.54) is 31.4 Å². The molecule has 1 heterocycles. The molecule has 3 N–H and O–H groups in total. The molecule has 3 unspecified atom stereocenters. The highest BCUT2D eigenvalue weighted by atomic mass is 32.2. The molecular weight excluding hydrogens is 447 g/mol. The first-order chi connectivity index (χ1) is 15.1. The normalized spacial score (nSPS) is 22.6. The minimum atomic E-state index is -4.60. The number of amides is 1. The lowest BCUT2D eigenvalue weighted by atomic mass is 9.99. The second-order valence-corrected chi connectivity index (χ2v) is 9.60. The van der Waals surface area contributed by atoms with Crippen molar-refractivity contribution in [3.63, 3.8) is 0 Å². The minimum absolute atomic E-state index is 0.0526. The first-order valence-electron chi connectivity index (χ1n) is 10.0. The highest BCUT2D eigenvalue weighted by molar-refractivity contribution is 7.92. The average Bonchev–Trinajstić information content (AvgIpc) is 3.36. The Labute approximate surface area is 183 Å². The maximum absolute atomic E-state index is 12.9. The third-order valence-corrected chi connectivity index (χ3v) is 7.23. The molecular formula is C21H22F3N3O4S. The van der Waals surface area contributed by atoms with E-state index in [0.29, 0.717) is 23.7 Å². The predicted octanol–water partition coefficient (Wildman–Crippen LogP) is 3.59. The number of alkyl halides is 3. The molecule has 0 radical (unpaired) electrons. The van der Waals surface area contributed by atoms with Gasteiger partial charge in [0.1, 0.15) is 10.6 Å². The summed E-state index contributed by atoms with van der Waals surface area (Å²) in [5.74, 6) is 0.0401. The number of ether oxygens (including phenoxy) is 1. The number of fused-ring (bicyclic) bond motifs is 2. The van der Waals surface area contributed by atoms with Gasteiger partial charge >= 0.3 is 6.18 Å². The number of sulfonamides is 1. The average molecular weight is 469 g/mol. The van der Waals surface area contributed by atoms with Crippen LogP contribution in [0.3, 0.4) is 0 Å². The Bertz CT molecular complexity index is 1140. The standard InChI is InChI=1S/C21H22F3N3O4S/c1-31-17-11-15(26-20(28)19-12-5-6-14(9-12)25-19)7-8-18(17)32(29,30)27-16-4-2-3-13(10-16)21(22,23)24/h2-4,7-8,10-12,14,19,25,27H,5-6,9H2,1H3,(H,26,28). The van der Waals surface area contributed by atoms with Gasteiger partial charge in [-0.3, -0.25) is 9.52 Å². The van der Waals surface area contributed by atoms with Crippen molar-refractivity contribution < 1.29 is 31.1 Å². The topological polar surface area (TPSA) is 96.5 Å². The van der Waals surface area contributed by atoms with Gasteiger partial charge in [0, 0.05) is 23.5 Å². The lowest BCUT2D eigenvalue weighted by molar-refractivity contribution is -0.137. The first-order valence-corrected chi connectivity index (χ1v) is 11.5. The zero-order chi connectivity index (χ0) is 23.1. The van der Waals surface area contributed by atoms with Crippen LogP contribution >= 0.6 is 0 Å². The van der Waals surface area contributed by atoms with E-state index in [2.05, 4.69) is 15.4 Å². The van der Waals surface area contributed by atoms with Crippen molar-refractivity contribution in [1.82, 2.24) is 5.32 Å². The van der Waals surface area contributed by atoms with E-state index in [1.807, 2.05) is 0 Å². The van der Waals surface area contributed by atoms with Crippen molar-refractivity contribution in [2.45, 2.75) is 42.4 Å². The quantitative estimate of drug-likeness (QED) is 0.601. The Kier molecular flexibility index (Phi) is 5.80. The zero-order valence-corrected chi connectivity index (χ0v) is 17.9. The Morgan fingerprint density at radius 2 is 1.91 bits per heavy atom. The summed E-state index contributed by atoms with van der Waals surface area (Å²) in [6, 6.07) is 7.97. The Balaban J connectivity index is 1.52. The van der Waals surface area contributed by atoms with E-state index in [0.717, 1.165) is 31.4 Å². The number of piperidine rings is 1. The van der Waals surface area contributed by atoms with Crippen molar-refractivity contribution >= 4 is 27.3 Å². The van der Waals surface area contributed by atoms with Crippen molar-refractivity contribution in [2.24, 2.45) is 5.92 Å². The van der Waals surface area contributed by atoms with Crippen LogP contribution in [-0.4, -0.2) is 33.5 Å². The lowest BCUT2D eigenvalue weighted by Gasteiger charge is -2.22. The molecule has 0 aromatic heterocycles. The summed E-state index contributed by atoms with van der Waals surface area (Å²) < 4.78 is 71.7. The number of nitrogens with one attached hydrogen (secondary N) is 3. The first kappa shape index (κ1) is 22.4. The van der Waals surface area contributed by atoms with E-state index in [1.54, 1.807) is 0 Å². The predicted molar refractivity (Wildman–Crippen MR) is 112 cm³/mol. The van der Waals surface area contributed by atoms with Gasteiger partial charge in [-0.1, -0.05) is 6.07 Å². The van der Waals surface area contributed by atoms with Crippen LogP contribution in [-0.2, 0) is 21.0 Å². The zero-order valence-electron chi connectivity index (χ0n) is 17.1. The van der Waals surface area contributed by atoms with Gasteiger partial charge in [0.05, 0.1) is 18.7 Å². The number of carbonyl (C=O) groups is 1. The van der Waals surface area contributed by atoms with Crippen molar-refractivity contribution in [3.05, 3.63) is 48.0 Å². The van der Waals surface area contributed by atoms with E-state index in [9.17, 15) is 26.4 Å². The highest BCUT2D eigenvalue weighted by Gasteiger charge is 2.42. The van der Waals surface area contributed by atoms with Crippen LogP contribution < -0.4 is 20.1 Å². The molecule has 1 aliphatic heterocycles. The van der Waals surface area contributed by atoms with Crippen LogP contribution in [0.1, 0.15) is 24.8 Å². The van der Waals surface area contributed by atoms with Crippen LogP contribution in [0, 0.1) is 5.92 Å². The molecule has 11 heteroatoms. The van der Waals surface area contributed by atoms with Crippen LogP contribution in [0.4, 0.5) is 24.5 Å². The summed E-state index contributed by atoms with van der Waals surface area (Å²) in [6.07, 6.45) is -1.57. The van der Waals surface area contributed by atoms with Gasteiger partial charge in [0.15, 0.2) is 0 Å². The number of benzene rings is 2. The number of halogens is 3. The van der Waals surface area contributed by atoms with Crippen LogP contribution in [0.25, 0.3) is 0 Å². The second kappa shape index (κ2) is 8.28. The molecule has 4 rings (SSSR count). The molecule has 0 spiro atoms. The van der Waals surface area contributed by atoms with Crippen LogP contribution in [0.5, 0.6) is 5.75 Å². The summed E-state index contributed by atoms with van der Waals surface area (Å²) in [7, 11) is -2.99. The van der Waals surface area contributed by atoms with Crippen LogP contribution in [0.2, 0.25) is 0 Å². The van der Waals surface area contributed by atoms with Gasteiger partial charge in [-0.25, -0.2) is 8.42 Å². The summed E-state index contributed by atoms with van der Waals surface area (Å²) >= 11 is 0. The van der Waals surface area contributed by atoms with Crippen molar-refractivity contribution in [1.29, 1.82) is 0 Å². The lowest BCUT2D eigenvalue weighted by Crippen LogP contribution is -2.44. The SMILES string of the molecule is COc1cc(NC(=O)C2NC3CCC2C3)ccc1S(=O)(=O)Nc1cccc(C(F)(F)F)c1. The smallest absolute Gasteiger partial charge is 0.416 e. The molecule has 172 valence electrons. The fourth-order valence-corrected chi connectivity index (χ4v) is 5.51. The number of methoxy groups -OCH3 is 1. The molecule has 7 nitrogen and oxygen atoms in total. The Hall–Kier alpha value is -2.79. The largest absolute Gasteiger partial charge is 0.495 e. The molecule has 1 amide bonds. The highest BCUT2D eigenvalue weighted by Crippen LogP contribution is 2.36. The van der Waals surface area contributed by atoms with Crippen molar-refractivity contribution in [3.8, 4) is 5.75 Å². The number of anilines is 2. The maximum Gasteiger partial charge on any atom is 0.416 e. The monoisotopic (exact) mass is 469 g/mol. The fourth-order valence-electron chi connectivity index (χ4n) is 4.31. The molecule has 2 bridgehead atoms. The number of carbonyl (C=O) groups excluding carboxylic acids is 1. The molecule has 3 atom stereocenters. The third-order valence-electron chi connectivity index (χ3n) is 5.81. The van der Waals surface area contributed by atoms with Crippen LogP contribution in [0.15, 0.2) is 47.4 Å². The third kappa shape index (κ3) is 4.53. The van der Waals surface area contributed by atoms with E-state index in [4.69, 9.17) is 4.74 Å². The molecule has 2 aromatic rings. The molecule has 2 fully saturated rings. The fraction of sp³-hybridized carbons (Fsp3) is 0.381.